The van der Waals surface area contributed by atoms with Crippen LogP contribution >= 0.6 is 0 Å². The second kappa shape index (κ2) is 7.34. The van der Waals surface area contributed by atoms with E-state index in [1.807, 2.05) is 48.5 Å². The zero-order valence-corrected chi connectivity index (χ0v) is 11.7. The number of urea groups is 1. The number of amides is 2. The Balaban J connectivity index is 1.88. The topological polar surface area (TPSA) is 41.1 Å². The number of para-hydroxylation sites is 1. The smallest absolute Gasteiger partial charge is 0.319 e. The van der Waals surface area contributed by atoms with Gasteiger partial charge < -0.3 is 10.6 Å². The highest BCUT2D eigenvalue weighted by molar-refractivity contribution is 5.89. The number of anilines is 1. The molecular formula is C17H20N2O. The quantitative estimate of drug-likeness (QED) is 0.850. The summed E-state index contributed by atoms with van der Waals surface area (Å²) in [6, 6.07) is 19.7. The van der Waals surface area contributed by atoms with Gasteiger partial charge in [0.25, 0.3) is 0 Å². The standard InChI is InChI=1S/C17H20N2O/c1-2-15(13-14-9-5-3-6-10-14)18-17(20)19-16-11-7-4-8-12-16/h3-12,15H,2,13H2,1H3,(H2,18,19,20). The molecule has 0 aliphatic heterocycles. The largest absolute Gasteiger partial charge is 0.335 e. The van der Waals surface area contributed by atoms with Crippen molar-refractivity contribution in [3.05, 3.63) is 66.2 Å². The minimum Gasteiger partial charge on any atom is -0.335 e. The van der Waals surface area contributed by atoms with Gasteiger partial charge in [-0.3, -0.25) is 0 Å². The number of nitrogens with one attached hydrogen (secondary N) is 2. The third kappa shape index (κ3) is 4.43. The van der Waals surface area contributed by atoms with E-state index in [0.717, 1.165) is 18.5 Å². The number of hydrogen-bond donors (Lipinski definition) is 2. The molecule has 104 valence electrons. The first kappa shape index (κ1) is 14.1. The maximum Gasteiger partial charge on any atom is 0.319 e. The predicted octanol–water partition coefficient (Wildman–Crippen LogP) is 3.83. The van der Waals surface area contributed by atoms with Crippen molar-refractivity contribution in [2.24, 2.45) is 0 Å². The number of hydrogen-bond acceptors (Lipinski definition) is 1. The normalized spacial score (nSPS) is 11.7. The number of carbonyl (C=O) groups excluding carboxylic acids is 1. The molecule has 2 N–H and O–H groups in total. The molecule has 2 rings (SSSR count). The van der Waals surface area contributed by atoms with Crippen molar-refractivity contribution in [3.8, 4) is 0 Å². The van der Waals surface area contributed by atoms with Crippen LogP contribution < -0.4 is 10.6 Å². The summed E-state index contributed by atoms with van der Waals surface area (Å²) in [6.07, 6.45) is 1.75. The molecule has 0 aromatic heterocycles. The molecule has 0 aliphatic carbocycles. The van der Waals surface area contributed by atoms with Gasteiger partial charge in [-0.15, -0.1) is 0 Å². The molecule has 3 nitrogen and oxygen atoms in total. The molecule has 0 aliphatic rings. The van der Waals surface area contributed by atoms with Gasteiger partial charge in [0.2, 0.25) is 0 Å². The van der Waals surface area contributed by atoms with Crippen molar-refractivity contribution >= 4 is 11.7 Å². The van der Waals surface area contributed by atoms with E-state index >= 15 is 0 Å². The van der Waals surface area contributed by atoms with Gasteiger partial charge in [-0.2, -0.15) is 0 Å². The highest BCUT2D eigenvalue weighted by atomic mass is 16.2. The van der Waals surface area contributed by atoms with Crippen LogP contribution in [0.4, 0.5) is 10.5 Å². The lowest BCUT2D eigenvalue weighted by Gasteiger charge is -2.17. The summed E-state index contributed by atoms with van der Waals surface area (Å²) in [7, 11) is 0. The minimum absolute atomic E-state index is 0.140. The SMILES string of the molecule is CCC(Cc1ccccc1)NC(=O)Nc1ccccc1. The fraction of sp³-hybridized carbons (Fsp3) is 0.235. The summed E-state index contributed by atoms with van der Waals surface area (Å²) in [5.74, 6) is 0. The molecule has 0 saturated heterocycles. The van der Waals surface area contributed by atoms with E-state index in [1.165, 1.54) is 5.56 Å². The van der Waals surface area contributed by atoms with Crippen molar-refractivity contribution in [2.45, 2.75) is 25.8 Å². The molecule has 0 fully saturated rings. The van der Waals surface area contributed by atoms with Crippen molar-refractivity contribution in [3.63, 3.8) is 0 Å². The Morgan fingerprint density at radius 2 is 1.60 bits per heavy atom. The van der Waals surface area contributed by atoms with Crippen LogP contribution in [0.25, 0.3) is 0 Å². The molecule has 2 aromatic rings. The lowest BCUT2D eigenvalue weighted by atomic mass is 10.0. The van der Waals surface area contributed by atoms with Crippen LogP contribution in [-0.2, 0) is 6.42 Å². The van der Waals surface area contributed by atoms with Crippen molar-refractivity contribution in [1.29, 1.82) is 0 Å². The average Bonchev–Trinajstić information content (AvgIpc) is 2.48. The number of rotatable bonds is 5. The number of carbonyl (C=O) groups is 1. The Morgan fingerprint density at radius 1 is 1.00 bits per heavy atom. The summed E-state index contributed by atoms with van der Waals surface area (Å²) < 4.78 is 0. The van der Waals surface area contributed by atoms with Gasteiger partial charge in [0.1, 0.15) is 0 Å². The van der Waals surface area contributed by atoms with Crippen molar-refractivity contribution in [1.82, 2.24) is 5.32 Å². The van der Waals surface area contributed by atoms with Gasteiger partial charge in [0.05, 0.1) is 0 Å². The van der Waals surface area contributed by atoms with Crippen LogP contribution in [0.1, 0.15) is 18.9 Å². The Bertz CT molecular complexity index is 525. The maximum atomic E-state index is 11.9. The number of benzene rings is 2. The van der Waals surface area contributed by atoms with E-state index in [4.69, 9.17) is 0 Å². The Labute approximate surface area is 120 Å². The second-order valence-corrected chi connectivity index (χ2v) is 4.76. The lowest BCUT2D eigenvalue weighted by molar-refractivity contribution is 0.248. The molecule has 0 spiro atoms. The Morgan fingerprint density at radius 3 is 2.20 bits per heavy atom. The Kier molecular flexibility index (Phi) is 5.18. The minimum atomic E-state index is -0.154. The fourth-order valence-corrected chi connectivity index (χ4v) is 2.07. The monoisotopic (exact) mass is 268 g/mol. The first-order valence-electron chi connectivity index (χ1n) is 6.94. The highest BCUT2D eigenvalue weighted by Gasteiger charge is 2.10. The molecular weight excluding hydrogens is 248 g/mol. The molecule has 1 unspecified atom stereocenters. The van der Waals surface area contributed by atoms with E-state index < -0.39 is 0 Å². The fourth-order valence-electron chi connectivity index (χ4n) is 2.07. The Hall–Kier alpha value is -2.29. The van der Waals surface area contributed by atoms with Crippen molar-refractivity contribution in [2.75, 3.05) is 5.32 Å². The lowest BCUT2D eigenvalue weighted by Crippen LogP contribution is -2.38. The average molecular weight is 268 g/mol. The van der Waals surface area contributed by atoms with Crippen LogP contribution in [0.3, 0.4) is 0 Å². The van der Waals surface area contributed by atoms with Crippen LogP contribution in [0.2, 0.25) is 0 Å². The third-order valence-corrected chi connectivity index (χ3v) is 3.18. The molecule has 1 atom stereocenters. The molecule has 0 bridgehead atoms. The van der Waals surface area contributed by atoms with Gasteiger partial charge in [0, 0.05) is 11.7 Å². The first-order chi connectivity index (χ1) is 9.78. The molecule has 2 aromatic carbocycles. The summed E-state index contributed by atoms with van der Waals surface area (Å²) in [4.78, 5) is 11.9. The predicted molar refractivity (Wildman–Crippen MR) is 82.8 cm³/mol. The van der Waals surface area contributed by atoms with Gasteiger partial charge in [-0.05, 0) is 30.5 Å². The molecule has 0 radical (unpaired) electrons. The van der Waals surface area contributed by atoms with Gasteiger partial charge in [-0.25, -0.2) is 4.79 Å². The van der Waals surface area contributed by atoms with Crippen LogP contribution in [0.5, 0.6) is 0 Å². The zero-order chi connectivity index (χ0) is 14.2. The van der Waals surface area contributed by atoms with E-state index in [0.29, 0.717) is 0 Å². The van der Waals surface area contributed by atoms with E-state index in [2.05, 4.69) is 29.7 Å². The van der Waals surface area contributed by atoms with Gasteiger partial charge in [0.15, 0.2) is 0 Å². The maximum absolute atomic E-state index is 11.9. The zero-order valence-electron chi connectivity index (χ0n) is 11.7. The van der Waals surface area contributed by atoms with Crippen LogP contribution in [-0.4, -0.2) is 12.1 Å². The van der Waals surface area contributed by atoms with Gasteiger partial charge >= 0.3 is 6.03 Å². The molecule has 3 heteroatoms. The summed E-state index contributed by atoms with van der Waals surface area (Å²) in [6.45, 7) is 2.08. The third-order valence-electron chi connectivity index (χ3n) is 3.18. The van der Waals surface area contributed by atoms with E-state index in [1.54, 1.807) is 0 Å². The van der Waals surface area contributed by atoms with Crippen LogP contribution in [0, 0.1) is 0 Å². The van der Waals surface area contributed by atoms with Crippen LogP contribution in [0.15, 0.2) is 60.7 Å². The summed E-state index contributed by atoms with van der Waals surface area (Å²) in [5, 5.41) is 5.86. The molecule has 0 saturated carbocycles. The van der Waals surface area contributed by atoms with Gasteiger partial charge in [-0.1, -0.05) is 55.5 Å². The van der Waals surface area contributed by atoms with Crippen molar-refractivity contribution < 1.29 is 4.79 Å². The highest BCUT2D eigenvalue weighted by Crippen LogP contribution is 2.07. The first-order valence-corrected chi connectivity index (χ1v) is 6.94. The molecule has 20 heavy (non-hydrogen) atoms. The van der Waals surface area contributed by atoms with E-state index in [-0.39, 0.29) is 12.1 Å². The summed E-state index contributed by atoms with van der Waals surface area (Å²) >= 11 is 0. The summed E-state index contributed by atoms with van der Waals surface area (Å²) in [5.41, 5.74) is 2.04. The molecule has 0 heterocycles. The second-order valence-electron chi connectivity index (χ2n) is 4.76. The molecule has 2 amide bonds. The van der Waals surface area contributed by atoms with E-state index in [9.17, 15) is 4.79 Å².